The molecule has 0 fully saturated rings. The molecule has 0 spiro atoms. The van der Waals surface area contributed by atoms with E-state index in [4.69, 9.17) is 5.73 Å². The van der Waals surface area contributed by atoms with Gasteiger partial charge in [0.2, 0.25) is 0 Å². The van der Waals surface area contributed by atoms with E-state index < -0.39 is 0 Å². The summed E-state index contributed by atoms with van der Waals surface area (Å²) < 4.78 is 1.90. The highest BCUT2D eigenvalue weighted by molar-refractivity contribution is 5.54. The molecule has 0 radical (unpaired) electrons. The van der Waals surface area contributed by atoms with E-state index in [9.17, 15) is 0 Å². The van der Waals surface area contributed by atoms with E-state index in [0.717, 1.165) is 12.1 Å². The average molecular weight is 175 g/mol. The molecule has 2 N–H and O–H groups in total. The summed E-state index contributed by atoms with van der Waals surface area (Å²) in [5, 5.41) is 4.40. The van der Waals surface area contributed by atoms with Crippen molar-refractivity contribution in [3.8, 4) is 0 Å². The van der Waals surface area contributed by atoms with Crippen LogP contribution in [-0.4, -0.2) is 16.2 Å². The van der Waals surface area contributed by atoms with Crippen molar-refractivity contribution < 1.29 is 0 Å². The second kappa shape index (κ2) is 3.18. The molecule has 2 heterocycles. The van der Waals surface area contributed by atoms with Crippen molar-refractivity contribution in [1.29, 1.82) is 0 Å². The second-order valence-electron chi connectivity index (χ2n) is 3.20. The third kappa shape index (κ3) is 1.42. The molecule has 2 rings (SSSR count). The first-order valence-electron chi connectivity index (χ1n) is 4.45. The van der Waals surface area contributed by atoms with Crippen molar-refractivity contribution in [2.75, 3.05) is 6.54 Å². The van der Waals surface area contributed by atoms with Gasteiger partial charge in [0.05, 0.1) is 11.2 Å². The van der Waals surface area contributed by atoms with Crippen molar-refractivity contribution in [3.05, 3.63) is 35.7 Å². The van der Waals surface area contributed by atoms with Gasteiger partial charge in [-0.3, -0.25) is 0 Å². The van der Waals surface area contributed by atoms with E-state index in [1.165, 1.54) is 11.1 Å². The Kier molecular flexibility index (Phi) is 2.02. The van der Waals surface area contributed by atoms with E-state index in [2.05, 4.69) is 24.2 Å². The number of nitrogens with two attached hydrogens (primary N) is 1. The van der Waals surface area contributed by atoms with Gasteiger partial charge in [-0.05, 0) is 31.2 Å². The molecule has 0 amide bonds. The van der Waals surface area contributed by atoms with Crippen LogP contribution < -0.4 is 5.73 Å². The zero-order valence-corrected chi connectivity index (χ0v) is 7.70. The summed E-state index contributed by atoms with van der Waals surface area (Å²) in [6.45, 7) is 2.74. The van der Waals surface area contributed by atoms with Gasteiger partial charge >= 0.3 is 0 Å². The molecule has 2 aromatic rings. The minimum atomic E-state index is 0.656. The normalized spacial score (nSPS) is 10.9. The van der Waals surface area contributed by atoms with Crippen LogP contribution in [0.4, 0.5) is 0 Å². The van der Waals surface area contributed by atoms with Gasteiger partial charge in [0.1, 0.15) is 0 Å². The van der Waals surface area contributed by atoms with Gasteiger partial charge in [-0.15, -0.1) is 0 Å². The zero-order chi connectivity index (χ0) is 9.26. The van der Waals surface area contributed by atoms with E-state index in [1.807, 2.05) is 16.8 Å². The van der Waals surface area contributed by atoms with Gasteiger partial charge in [0.15, 0.2) is 0 Å². The largest absolute Gasteiger partial charge is 0.330 e. The molecule has 0 unspecified atom stereocenters. The first kappa shape index (κ1) is 8.26. The van der Waals surface area contributed by atoms with Crippen LogP contribution in [0.5, 0.6) is 0 Å². The Labute approximate surface area is 77.2 Å². The lowest BCUT2D eigenvalue weighted by atomic mass is 10.2. The highest BCUT2D eigenvalue weighted by Crippen LogP contribution is 2.11. The zero-order valence-electron chi connectivity index (χ0n) is 7.70. The Balaban J connectivity index is 2.55. The molecule has 2 aromatic heterocycles. The standard InChI is InChI=1S/C10H13N3/c1-8-3-2-6-13-10(8)7-9(12-13)4-5-11/h2-3,6-7H,4-5,11H2,1H3. The molecule has 0 aliphatic heterocycles. The van der Waals surface area contributed by atoms with Crippen LogP contribution in [0.3, 0.4) is 0 Å². The third-order valence-electron chi connectivity index (χ3n) is 2.16. The van der Waals surface area contributed by atoms with Crippen LogP contribution in [0, 0.1) is 6.92 Å². The molecule has 3 nitrogen and oxygen atoms in total. The number of nitrogens with zero attached hydrogens (tertiary/aromatic N) is 2. The molecule has 0 aliphatic rings. The second-order valence-corrected chi connectivity index (χ2v) is 3.20. The van der Waals surface area contributed by atoms with E-state index >= 15 is 0 Å². The van der Waals surface area contributed by atoms with Gasteiger partial charge in [-0.25, -0.2) is 4.52 Å². The summed E-state index contributed by atoms with van der Waals surface area (Å²) in [4.78, 5) is 0. The Bertz CT molecular complexity index is 417. The highest BCUT2D eigenvalue weighted by atomic mass is 15.2. The lowest BCUT2D eigenvalue weighted by Gasteiger charge is -1.94. The lowest BCUT2D eigenvalue weighted by Crippen LogP contribution is -2.03. The number of pyridine rings is 1. The lowest BCUT2D eigenvalue weighted by molar-refractivity contribution is 0.859. The summed E-state index contributed by atoms with van der Waals surface area (Å²) in [5.41, 5.74) is 8.96. The summed E-state index contributed by atoms with van der Waals surface area (Å²) in [5.74, 6) is 0. The van der Waals surface area contributed by atoms with E-state index in [-0.39, 0.29) is 0 Å². The first-order chi connectivity index (χ1) is 6.31. The van der Waals surface area contributed by atoms with Crippen LogP contribution >= 0.6 is 0 Å². The number of hydrogen-bond donors (Lipinski definition) is 1. The van der Waals surface area contributed by atoms with E-state index in [0.29, 0.717) is 6.54 Å². The topological polar surface area (TPSA) is 43.3 Å². The summed E-state index contributed by atoms with van der Waals surface area (Å²) in [6.07, 6.45) is 2.81. The monoisotopic (exact) mass is 175 g/mol. The predicted octanol–water partition coefficient (Wildman–Crippen LogP) is 1.14. The molecule has 0 aliphatic carbocycles. The van der Waals surface area contributed by atoms with Gasteiger partial charge in [-0.2, -0.15) is 5.10 Å². The predicted molar refractivity (Wildman–Crippen MR) is 52.7 cm³/mol. The maximum absolute atomic E-state index is 5.47. The fourth-order valence-corrected chi connectivity index (χ4v) is 1.48. The number of rotatable bonds is 2. The molecular weight excluding hydrogens is 162 g/mol. The summed E-state index contributed by atoms with van der Waals surface area (Å²) in [7, 11) is 0. The summed E-state index contributed by atoms with van der Waals surface area (Å²) >= 11 is 0. The molecular formula is C10H13N3. The summed E-state index contributed by atoms with van der Waals surface area (Å²) in [6, 6.07) is 6.19. The molecule has 0 bridgehead atoms. The van der Waals surface area contributed by atoms with Crippen molar-refractivity contribution in [3.63, 3.8) is 0 Å². The van der Waals surface area contributed by atoms with Crippen molar-refractivity contribution >= 4 is 5.52 Å². The molecule has 0 atom stereocenters. The van der Waals surface area contributed by atoms with Crippen LogP contribution in [0.1, 0.15) is 11.3 Å². The number of aryl methyl sites for hydroxylation is 1. The Hall–Kier alpha value is -1.35. The third-order valence-corrected chi connectivity index (χ3v) is 2.16. The molecule has 0 saturated heterocycles. The average Bonchev–Trinajstić information content (AvgIpc) is 2.49. The number of fused-ring (bicyclic) bond motifs is 1. The van der Waals surface area contributed by atoms with Gasteiger partial charge < -0.3 is 5.73 Å². The van der Waals surface area contributed by atoms with Crippen molar-refractivity contribution in [2.24, 2.45) is 5.73 Å². The number of hydrogen-bond acceptors (Lipinski definition) is 2. The maximum atomic E-state index is 5.47. The van der Waals surface area contributed by atoms with Crippen LogP contribution in [0.2, 0.25) is 0 Å². The highest BCUT2D eigenvalue weighted by Gasteiger charge is 2.01. The fourth-order valence-electron chi connectivity index (χ4n) is 1.48. The minimum Gasteiger partial charge on any atom is -0.330 e. The van der Waals surface area contributed by atoms with Gasteiger partial charge in [-0.1, -0.05) is 6.07 Å². The van der Waals surface area contributed by atoms with Gasteiger partial charge in [0.25, 0.3) is 0 Å². The smallest absolute Gasteiger partial charge is 0.0693 e. The Morgan fingerprint density at radius 2 is 2.38 bits per heavy atom. The number of aromatic nitrogens is 2. The van der Waals surface area contributed by atoms with Crippen LogP contribution in [0.25, 0.3) is 5.52 Å². The molecule has 68 valence electrons. The molecule has 0 saturated carbocycles. The van der Waals surface area contributed by atoms with Crippen LogP contribution in [-0.2, 0) is 6.42 Å². The fraction of sp³-hybridized carbons (Fsp3) is 0.300. The molecule has 0 aromatic carbocycles. The quantitative estimate of drug-likeness (QED) is 0.744. The Morgan fingerprint density at radius 1 is 1.54 bits per heavy atom. The SMILES string of the molecule is Cc1cccn2nc(CCN)cc12. The molecule has 13 heavy (non-hydrogen) atoms. The first-order valence-corrected chi connectivity index (χ1v) is 4.45. The maximum Gasteiger partial charge on any atom is 0.0693 e. The molecule has 3 heteroatoms. The minimum absolute atomic E-state index is 0.656. The van der Waals surface area contributed by atoms with E-state index in [1.54, 1.807) is 0 Å². The Morgan fingerprint density at radius 3 is 3.08 bits per heavy atom. The van der Waals surface area contributed by atoms with Crippen LogP contribution in [0.15, 0.2) is 24.4 Å². The van der Waals surface area contributed by atoms with Gasteiger partial charge in [0, 0.05) is 12.6 Å². The van der Waals surface area contributed by atoms with Crippen molar-refractivity contribution in [2.45, 2.75) is 13.3 Å². The van der Waals surface area contributed by atoms with Crippen molar-refractivity contribution in [1.82, 2.24) is 9.61 Å².